The smallest absolute Gasteiger partial charge is 0.238 e. The molecule has 0 bridgehead atoms. The molecule has 0 aliphatic carbocycles. The summed E-state index contributed by atoms with van der Waals surface area (Å²) in [6.45, 7) is 2.06. The lowest BCUT2D eigenvalue weighted by Crippen LogP contribution is -2.11. The zero-order valence-corrected chi connectivity index (χ0v) is 13.5. The SMILES string of the molecule is CCc1ccc(C(=O)/C=C\Nc2ccc(S(N)(=O)=O)cc2)cc1. The molecule has 0 aliphatic heterocycles. The van der Waals surface area contributed by atoms with Gasteiger partial charge in [-0.05, 0) is 36.2 Å². The van der Waals surface area contributed by atoms with Crippen LogP contribution in [0.3, 0.4) is 0 Å². The van der Waals surface area contributed by atoms with Crippen LogP contribution in [0.4, 0.5) is 5.69 Å². The van der Waals surface area contributed by atoms with Gasteiger partial charge in [0, 0.05) is 23.5 Å². The normalized spacial score (nSPS) is 11.6. The first-order valence-corrected chi connectivity index (χ1v) is 8.64. The molecule has 5 nitrogen and oxygen atoms in total. The van der Waals surface area contributed by atoms with Gasteiger partial charge >= 0.3 is 0 Å². The summed E-state index contributed by atoms with van der Waals surface area (Å²) in [6, 6.07) is 13.4. The topological polar surface area (TPSA) is 89.3 Å². The Hall–Kier alpha value is -2.44. The number of nitrogens with one attached hydrogen (secondary N) is 1. The largest absolute Gasteiger partial charge is 0.362 e. The molecule has 0 spiro atoms. The van der Waals surface area contributed by atoms with Crippen molar-refractivity contribution in [2.75, 3.05) is 5.32 Å². The van der Waals surface area contributed by atoms with Crippen molar-refractivity contribution in [3.8, 4) is 0 Å². The predicted octanol–water partition coefficient (Wildman–Crippen LogP) is 2.70. The molecule has 2 aromatic rings. The van der Waals surface area contributed by atoms with Crippen molar-refractivity contribution < 1.29 is 13.2 Å². The lowest BCUT2D eigenvalue weighted by atomic mass is 10.1. The maximum Gasteiger partial charge on any atom is 0.238 e. The summed E-state index contributed by atoms with van der Waals surface area (Å²) in [5, 5.41) is 7.93. The fraction of sp³-hybridized carbons (Fsp3) is 0.118. The first-order valence-electron chi connectivity index (χ1n) is 7.09. The highest BCUT2D eigenvalue weighted by Gasteiger charge is 2.06. The average molecular weight is 330 g/mol. The number of primary sulfonamides is 1. The van der Waals surface area contributed by atoms with Gasteiger partial charge in [0.25, 0.3) is 0 Å². The van der Waals surface area contributed by atoms with E-state index in [2.05, 4.69) is 12.2 Å². The molecule has 120 valence electrons. The molecule has 0 heterocycles. The molecule has 0 radical (unpaired) electrons. The van der Waals surface area contributed by atoms with Crippen LogP contribution in [0.25, 0.3) is 0 Å². The second-order valence-electron chi connectivity index (χ2n) is 4.96. The summed E-state index contributed by atoms with van der Waals surface area (Å²) in [4.78, 5) is 12.0. The molecule has 0 saturated carbocycles. The zero-order valence-electron chi connectivity index (χ0n) is 12.7. The average Bonchev–Trinajstić information content (AvgIpc) is 2.54. The van der Waals surface area contributed by atoms with Crippen molar-refractivity contribution in [1.82, 2.24) is 0 Å². The number of hydrogen-bond acceptors (Lipinski definition) is 4. The van der Waals surface area contributed by atoms with Crippen molar-refractivity contribution in [3.05, 3.63) is 71.9 Å². The van der Waals surface area contributed by atoms with Gasteiger partial charge in [0.2, 0.25) is 10.0 Å². The fourth-order valence-corrected chi connectivity index (χ4v) is 2.47. The van der Waals surface area contributed by atoms with Gasteiger partial charge in [-0.15, -0.1) is 0 Å². The summed E-state index contributed by atoms with van der Waals surface area (Å²) >= 11 is 0. The van der Waals surface area contributed by atoms with Crippen LogP contribution in [-0.4, -0.2) is 14.2 Å². The van der Waals surface area contributed by atoms with Gasteiger partial charge in [0.15, 0.2) is 5.78 Å². The van der Waals surface area contributed by atoms with Crippen molar-refractivity contribution in [2.45, 2.75) is 18.2 Å². The number of nitrogens with two attached hydrogens (primary N) is 1. The van der Waals surface area contributed by atoms with E-state index in [0.29, 0.717) is 11.3 Å². The van der Waals surface area contributed by atoms with E-state index in [0.717, 1.165) is 6.42 Å². The van der Waals surface area contributed by atoms with E-state index in [9.17, 15) is 13.2 Å². The molecule has 0 fully saturated rings. The van der Waals surface area contributed by atoms with Crippen molar-refractivity contribution in [1.29, 1.82) is 0 Å². The third-order valence-electron chi connectivity index (χ3n) is 3.31. The molecule has 0 unspecified atom stereocenters. The van der Waals surface area contributed by atoms with Gasteiger partial charge in [-0.2, -0.15) is 0 Å². The Balaban J connectivity index is 1.99. The van der Waals surface area contributed by atoms with Gasteiger partial charge in [-0.25, -0.2) is 13.6 Å². The minimum Gasteiger partial charge on any atom is -0.362 e. The molecule has 2 rings (SSSR count). The quantitative estimate of drug-likeness (QED) is 0.629. The van der Waals surface area contributed by atoms with Crippen LogP contribution in [0.2, 0.25) is 0 Å². The van der Waals surface area contributed by atoms with Crippen molar-refractivity contribution in [2.24, 2.45) is 5.14 Å². The monoisotopic (exact) mass is 330 g/mol. The Kier molecular flexibility index (Phi) is 5.31. The number of rotatable bonds is 6. The summed E-state index contributed by atoms with van der Waals surface area (Å²) in [7, 11) is -3.70. The molecule has 6 heteroatoms. The van der Waals surface area contributed by atoms with E-state index in [4.69, 9.17) is 5.14 Å². The van der Waals surface area contributed by atoms with Crippen LogP contribution in [-0.2, 0) is 16.4 Å². The van der Waals surface area contributed by atoms with Gasteiger partial charge in [0.05, 0.1) is 4.90 Å². The van der Waals surface area contributed by atoms with E-state index >= 15 is 0 Å². The number of ketones is 1. The Morgan fingerprint density at radius 1 is 1.09 bits per heavy atom. The van der Waals surface area contributed by atoms with Crippen LogP contribution < -0.4 is 10.5 Å². The lowest BCUT2D eigenvalue weighted by molar-refractivity contribution is 0.104. The molecule has 3 N–H and O–H groups in total. The second-order valence-corrected chi connectivity index (χ2v) is 6.52. The summed E-state index contributed by atoms with van der Waals surface area (Å²) in [6.07, 6.45) is 3.87. The van der Waals surface area contributed by atoms with Crippen molar-refractivity contribution >= 4 is 21.5 Å². The van der Waals surface area contributed by atoms with Crippen LogP contribution in [0.5, 0.6) is 0 Å². The minimum absolute atomic E-state index is 0.0409. The number of benzene rings is 2. The van der Waals surface area contributed by atoms with E-state index < -0.39 is 10.0 Å². The summed E-state index contributed by atoms with van der Waals surface area (Å²) in [5.41, 5.74) is 2.45. The van der Waals surface area contributed by atoms with E-state index in [-0.39, 0.29) is 10.7 Å². The van der Waals surface area contributed by atoms with E-state index in [1.165, 1.54) is 30.0 Å². The van der Waals surface area contributed by atoms with Gasteiger partial charge in [-0.3, -0.25) is 4.79 Å². The molecule has 0 saturated heterocycles. The predicted molar refractivity (Wildman–Crippen MR) is 90.7 cm³/mol. The minimum atomic E-state index is -3.70. The molecule has 0 amide bonds. The van der Waals surface area contributed by atoms with Crippen LogP contribution in [0, 0.1) is 0 Å². The Bertz CT molecular complexity index is 808. The molecule has 0 atom stereocenters. The number of carbonyl (C=O) groups is 1. The number of anilines is 1. The summed E-state index contributed by atoms with van der Waals surface area (Å²) in [5.74, 6) is -0.110. The fourth-order valence-electron chi connectivity index (χ4n) is 1.96. The number of sulfonamides is 1. The van der Waals surface area contributed by atoms with Crippen LogP contribution in [0.15, 0.2) is 65.7 Å². The molecule has 23 heavy (non-hydrogen) atoms. The number of hydrogen-bond donors (Lipinski definition) is 2. The number of carbonyl (C=O) groups excluding carboxylic acids is 1. The Morgan fingerprint density at radius 3 is 2.22 bits per heavy atom. The third-order valence-corrected chi connectivity index (χ3v) is 4.24. The number of allylic oxidation sites excluding steroid dienone is 1. The van der Waals surface area contributed by atoms with Crippen LogP contribution >= 0.6 is 0 Å². The lowest BCUT2D eigenvalue weighted by Gasteiger charge is -2.02. The number of aryl methyl sites for hydroxylation is 1. The first-order chi connectivity index (χ1) is 10.9. The highest BCUT2D eigenvalue weighted by Crippen LogP contribution is 2.13. The first kappa shape index (κ1) is 16.9. The molecule has 0 aromatic heterocycles. The van der Waals surface area contributed by atoms with E-state index in [1.54, 1.807) is 24.3 Å². The van der Waals surface area contributed by atoms with Crippen LogP contribution in [0.1, 0.15) is 22.8 Å². The highest BCUT2D eigenvalue weighted by molar-refractivity contribution is 7.89. The van der Waals surface area contributed by atoms with Gasteiger partial charge < -0.3 is 5.32 Å². The standard InChI is InChI=1S/C17H18N2O3S/c1-2-13-3-5-14(6-4-13)17(20)11-12-19-15-7-9-16(10-8-15)23(18,21)22/h3-12,19H,2H2,1H3,(H2,18,21,22)/b12-11-. The maximum atomic E-state index is 12.0. The van der Waals surface area contributed by atoms with Gasteiger partial charge in [0.1, 0.15) is 0 Å². The second kappa shape index (κ2) is 7.21. The van der Waals surface area contributed by atoms with Crippen molar-refractivity contribution in [3.63, 3.8) is 0 Å². The Labute approximate surface area is 135 Å². The maximum absolute atomic E-state index is 12.0. The molecular formula is C17H18N2O3S. The van der Waals surface area contributed by atoms with E-state index in [1.807, 2.05) is 12.1 Å². The molecule has 2 aromatic carbocycles. The third kappa shape index (κ3) is 4.77. The highest BCUT2D eigenvalue weighted by atomic mass is 32.2. The zero-order chi connectivity index (χ0) is 16.9. The summed E-state index contributed by atoms with van der Waals surface area (Å²) < 4.78 is 22.3. The molecular weight excluding hydrogens is 312 g/mol. The Morgan fingerprint density at radius 2 is 1.70 bits per heavy atom. The van der Waals surface area contributed by atoms with Gasteiger partial charge in [-0.1, -0.05) is 31.2 Å². The molecule has 0 aliphatic rings.